The second-order valence-electron chi connectivity index (χ2n) is 6.51. The molecule has 1 amide bonds. The topological polar surface area (TPSA) is 66.5 Å². The molecule has 0 aliphatic carbocycles. The highest BCUT2D eigenvalue weighted by Gasteiger charge is 2.23. The van der Waals surface area contributed by atoms with Crippen molar-refractivity contribution in [2.45, 2.75) is 37.1 Å². The molecular weight excluding hydrogens is 391 g/mol. The lowest BCUT2D eigenvalue weighted by atomic mass is 10.1. The fraction of sp³-hybridized carbons (Fsp3) is 0.316. The first-order chi connectivity index (χ1) is 12.8. The Morgan fingerprint density at radius 2 is 1.85 bits per heavy atom. The second-order valence-corrected chi connectivity index (χ2v) is 8.60. The molecule has 1 atom stereocenters. The highest BCUT2D eigenvalue weighted by Crippen LogP contribution is 2.26. The molecular formula is C19H20ClFN2O3S. The van der Waals surface area contributed by atoms with Gasteiger partial charge in [0, 0.05) is 24.7 Å². The van der Waals surface area contributed by atoms with Crippen molar-refractivity contribution in [3.63, 3.8) is 0 Å². The van der Waals surface area contributed by atoms with Crippen molar-refractivity contribution in [1.82, 2.24) is 4.72 Å². The fourth-order valence-corrected chi connectivity index (χ4v) is 4.81. The van der Waals surface area contributed by atoms with Gasteiger partial charge in [-0.2, -0.15) is 0 Å². The van der Waals surface area contributed by atoms with Crippen LogP contribution in [0.2, 0.25) is 5.02 Å². The third-order valence-electron chi connectivity index (χ3n) is 4.54. The smallest absolute Gasteiger partial charge is 0.242 e. The van der Waals surface area contributed by atoms with Crippen LogP contribution in [0.4, 0.5) is 10.1 Å². The zero-order valence-electron chi connectivity index (χ0n) is 14.8. The molecule has 0 spiro atoms. The molecule has 27 heavy (non-hydrogen) atoms. The number of benzene rings is 2. The van der Waals surface area contributed by atoms with E-state index in [1.807, 2.05) is 0 Å². The van der Waals surface area contributed by atoms with E-state index in [9.17, 15) is 17.6 Å². The molecule has 1 heterocycles. The van der Waals surface area contributed by atoms with Crippen molar-refractivity contribution in [2.75, 3.05) is 11.4 Å². The van der Waals surface area contributed by atoms with Gasteiger partial charge in [0.1, 0.15) is 10.7 Å². The van der Waals surface area contributed by atoms with Gasteiger partial charge < -0.3 is 4.90 Å². The van der Waals surface area contributed by atoms with Crippen LogP contribution in [0.5, 0.6) is 0 Å². The molecule has 1 aliphatic heterocycles. The summed E-state index contributed by atoms with van der Waals surface area (Å²) in [6.45, 7) is 2.38. The Bertz CT molecular complexity index is 948. The number of rotatable bonds is 5. The standard InChI is InChI=1S/C19H20ClFN2O3S/c1-13(22-27(25,26)18-12-15(21)7-10-17(18)20)14-5-8-16(9-6-14)23-11-3-2-4-19(23)24/h5-10,12-13,22H,2-4,11H2,1H3. The molecule has 0 radical (unpaired) electrons. The lowest BCUT2D eigenvalue weighted by molar-refractivity contribution is -0.119. The van der Waals surface area contributed by atoms with Gasteiger partial charge in [-0.1, -0.05) is 23.7 Å². The van der Waals surface area contributed by atoms with E-state index in [2.05, 4.69) is 4.72 Å². The Balaban J connectivity index is 1.77. The second kappa shape index (κ2) is 7.96. The third kappa shape index (κ3) is 4.48. The van der Waals surface area contributed by atoms with Crippen molar-refractivity contribution in [3.8, 4) is 0 Å². The molecule has 0 bridgehead atoms. The van der Waals surface area contributed by atoms with E-state index in [0.717, 1.165) is 36.2 Å². The molecule has 0 aromatic heterocycles. The summed E-state index contributed by atoms with van der Waals surface area (Å²) < 4.78 is 41.0. The van der Waals surface area contributed by atoms with Gasteiger partial charge in [0.2, 0.25) is 15.9 Å². The van der Waals surface area contributed by atoms with Crippen molar-refractivity contribution >= 4 is 33.2 Å². The highest BCUT2D eigenvalue weighted by atomic mass is 35.5. The minimum Gasteiger partial charge on any atom is -0.312 e. The van der Waals surface area contributed by atoms with Crippen LogP contribution in [0.15, 0.2) is 47.4 Å². The first-order valence-electron chi connectivity index (χ1n) is 8.65. The highest BCUT2D eigenvalue weighted by molar-refractivity contribution is 7.89. The molecule has 0 saturated carbocycles. The molecule has 5 nitrogen and oxygen atoms in total. The van der Waals surface area contributed by atoms with Crippen LogP contribution in [0.25, 0.3) is 0 Å². The van der Waals surface area contributed by atoms with Crippen molar-refractivity contribution in [3.05, 3.63) is 58.9 Å². The van der Waals surface area contributed by atoms with Crippen LogP contribution in [0.1, 0.15) is 37.8 Å². The summed E-state index contributed by atoms with van der Waals surface area (Å²) in [4.78, 5) is 13.5. The van der Waals surface area contributed by atoms with Crippen LogP contribution in [-0.2, 0) is 14.8 Å². The molecule has 1 fully saturated rings. The maximum atomic E-state index is 13.4. The summed E-state index contributed by atoms with van der Waals surface area (Å²) in [7, 11) is -3.99. The van der Waals surface area contributed by atoms with Crippen LogP contribution in [-0.4, -0.2) is 20.9 Å². The maximum Gasteiger partial charge on any atom is 0.242 e. The Morgan fingerprint density at radius 1 is 1.15 bits per heavy atom. The van der Waals surface area contributed by atoms with Crippen molar-refractivity contribution in [1.29, 1.82) is 0 Å². The number of piperidine rings is 1. The molecule has 1 N–H and O–H groups in total. The lowest BCUT2D eigenvalue weighted by Gasteiger charge is -2.27. The Hall–Kier alpha value is -1.96. The van der Waals surface area contributed by atoms with Gasteiger partial charge in [-0.15, -0.1) is 0 Å². The number of nitrogens with one attached hydrogen (secondary N) is 1. The van der Waals surface area contributed by atoms with Gasteiger partial charge in [-0.3, -0.25) is 4.79 Å². The van der Waals surface area contributed by atoms with Gasteiger partial charge in [-0.25, -0.2) is 17.5 Å². The van der Waals surface area contributed by atoms with Gasteiger partial charge in [0.25, 0.3) is 0 Å². The van der Waals surface area contributed by atoms with Crippen LogP contribution in [0, 0.1) is 5.82 Å². The van der Waals surface area contributed by atoms with E-state index >= 15 is 0 Å². The summed E-state index contributed by atoms with van der Waals surface area (Å²) in [5, 5.41) is -0.0462. The zero-order valence-corrected chi connectivity index (χ0v) is 16.4. The van der Waals surface area contributed by atoms with Gasteiger partial charge in [0.05, 0.1) is 5.02 Å². The van der Waals surface area contributed by atoms with E-state index in [0.29, 0.717) is 13.0 Å². The number of carbonyl (C=O) groups is 1. The van der Waals surface area contributed by atoms with Gasteiger partial charge in [0.15, 0.2) is 0 Å². The number of nitrogens with zero attached hydrogens (tertiary/aromatic N) is 1. The van der Waals surface area contributed by atoms with E-state index in [4.69, 9.17) is 11.6 Å². The monoisotopic (exact) mass is 410 g/mol. The van der Waals surface area contributed by atoms with Gasteiger partial charge in [-0.05, 0) is 55.7 Å². The van der Waals surface area contributed by atoms with E-state index in [1.165, 1.54) is 6.07 Å². The molecule has 1 aliphatic rings. The van der Waals surface area contributed by atoms with E-state index in [1.54, 1.807) is 36.1 Å². The van der Waals surface area contributed by atoms with Crippen molar-refractivity contribution < 1.29 is 17.6 Å². The summed E-state index contributed by atoms with van der Waals surface area (Å²) in [5.41, 5.74) is 1.52. The largest absolute Gasteiger partial charge is 0.312 e. The summed E-state index contributed by atoms with van der Waals surface area (Å²) in [6, 6.07) is 9.81. The number of halogens is 2. The summed E-state index contributed by atoms with van der Waals surface area (Å²) >= 11 is 5.91. The average molecular weight is 411 g/mol. The molecule has 2 aromatic rings. The quantitative estimate of drug-likeness (QED) is 0.809. The number of amides is 1. The number of anilines is 1. The molecule has 144 valence electrons. The molecule has 1 saturated heterocycles. The number of carbonyl (C=O) groups excluding carboxylic acids is 1. The number of sulfonamides is 1. The molecule has 3 rings (SSSR count). The molecule has 8 heteroatoms. The van der Waals surface area contributed by atoms with Gasteiger partial charge >= 0.3 is 0 Å². The number of hydrogen-bond donors (Lipinski definition) is 1. The first-order valence-corrected chi connectivity index (χ1v) is 10.5. The molecule has 1 unspecified atom stereocenters. The maximum absolute atomic E-state index is 13.4. The third-order valence-corrected chi connectivity index (χ3v) is 6.57. The summed E-state index contributed by atoms with van der Waals surface area (Å²) in [6.07, 6.45) is 2.43. The predicted molar refractivity (Wildman–Crippen MR) is 103 cm³/mol. The normalized spacial score (nSPS) is 16.4. The van der Waals surface area contributed by atoms with Crippen molar-refractivity contribution in [2.24, 2.45) is 0 Å². The fourth-order valence-electron chi connectivity index (χ4n) is 3.07. The minimum atomic E-state index is -3.99. The summed E-state index contributed by atoms with van der Waals surface area (Å²) in [5.74, 6) is -0.577. The lowest BCUT2D eigenvalue weighted by Crippen LogP contribution is -2.35. The van der Waals surface area contributed by atoms with Crippen LogP contribution >= 0.6 is 11.6 Å². The number of hydrogen-bond acceptors (Lipinski definition) is 3. The Morgan fingerprint density at radius 3 is 2.52 bits per heavy atom. The van der Waals surface area contributed by atoms with E-state index < -0.39 is 21.9 Å². The minimum absolute atomic E-state index is 0.0462. The average Bonchev–Trinajstić information content (AvgIpc) is 2.64. The van der Waals surface area contributed by atoms with Crippen LogP contribution in [0.3, 0.4) is 0 Å². The first kappa shape index (κ1) is 19.8. The Kier molecular flexibility index (Phi) is 5.83. The predicted octanol–water partition coefficient (Wildman–Crippen LogP) is 4.04. The Labute approximate surface area is 163 Å². The zero-order chi connectivity index (χ0) is 19.6. The van der Waals surface area contributed by atoms with Crippen LogP contribution < -0.4 is 9.62 Å². The van der Waals surface area contributed by atoms with E-state index in [-0.39, 0.29) is 15.8 Å². The SMILES string of the molecule is CC(NS(=O)(=O)c1cc(F)ccc1Cl)c1ccc(N2CCCCC2=O)cc1. The molecule has 2 aromatic carbocycles.